The van der Waals surface area contributed by atoms with Crippen molar-refractivity contribution in [3.05, 3.63) is 71.8 Å². The number of aliphatic hydroxyl groups excluding tert-OH is 1. The first-order chi connectivity index (χ1) is 11.2. The van der Waals surface area contributed by atoms with Gasteiger partial charge in [-0.15, -0.1) is 0 Å². The maximum atomic E-state index is 12.1. The van der Waals surface area contributed by atoms with E-state index >= 15 is 0 Å². The highest BCUT2D eigenvalue weighted by molar-refractivity contribution is 5.71. The minimum absolute atomic E-state index is 0.00311. The predicted octanol–water partition coefficient (Wildman–Crippen LogP) is 2.79. The Balaban J connectivity index is 1.91. The zero-order valence-corrected chi connectivity index (χ0v) is 13.4. The molecule has 122 valence electrons. The molecule has 0 aromatic heterocycles. The van der Waals surface area contributed by atoms with E-state index in [1.54, 1.807) is 0 Å². The van der Waals surface area contributed by atoms with E-state index in [1.165, 1.54) is 0 Å². The van der Waals surface area contributed by atoms with Gasteiger partial charge in [-0.3, -0.25) is 9.69 Å². The van der Waals surface area contributed by atoms with E-state index in [1.807, 2.05) is 72.5 Å². The van der Waals surface area contributed by atoms with Gasteiger partial charge in [0.25, 0.3) is 0 Å². The van der Waals surface area contributed by atoms with Crippen molar-refractivity contribution in [1.29, 1.82) is 0 Å². The van der Waals surface area contributed by atoms with Crippen molar-refractivity contribution >= 4 is 5.97 Å². The van der Waals surface area contributed by atoms with E-state index in [4.69, 9.17) is 4.74 Å². The molecule has 4 nitrogen and oxygen atoms in total. The van der Waals surface area contributed by atoms with E-state index in [0.717, 1.165) is 11.1 Å². The summed E-state index contributed by atoms with van der Waals surface area (Å²) in [4.78, 5) is 14.0. The number of rotatable bonds is 8. The summed E-state index contributed by atoms with van der Waals surface area (Å²) >= 11 is 0. The van der Waals surface area contributed by atoms with Gasteiger partial charge in [0.1, 0.15) is 6.61 Å². The molecule has 0 heterocycles. The maximum absolute atomic E-state index is 12.1. The van der Waals surface area contributed by atoms with Crippen molar-refractivity contribution in [2.45, 2.75) is 19.6 Å². The Morgan fingerprint density at radius 3 is 2.30 bits per heavy atom. The summed E-state index contributed by atoms with van der Waals surface area (Å²) < 4.78 is 5.33. The Morgan fingerprint density at radius 1 is 1.09 bits per heavy atom. The van der Waals surface area contributed by atoms with E-state index < -0.39 is 0 Å². The van der Waals surface area contributed by atoms with Crippen molar-refractivity contribution in [2.75, 3.05) is 19.7 Å². The Labute approximate surface area is 137 Å². The van der Waals surface area contributed by atoms with Gasteiger partial charge in [0.05, 0.1) is 13.2 Å². The minimum atomic E-state index is -0.287. The van der Waals surface area contributed by atoms with Gasteiger partial charge in [-0.05, 0) is 18.1 Å². The number of ether oxygens (including phenoxy) is 1. The van der Waals surface area contributed by atoms with Crippen LogP contribution in [0.2, 0.25) is 0 Å². The van der Waals surface area contributed by atoms with E-state index in [2.05, 4.69) is 0 Å². The monoisotopic (exact) mass is 313 g/mol. The first kappa shape index (κ1) is 17.2. The molecular weight excluding hydrogens is 290 g/mol. The second-order valence-electron chi connectivity index (χ2n) is 5.43. The normalized spacial score (nSPS) is 12.1. The lowest BCUT2D eigenvalue weighted by molar-refractivity contribution is -0.147. The fraction of sp³-hybridized carbons (Fsp3) is 0.316. The van der Waals surface area contributed by atoms with Crippen LogP contribution in [0.15, 0.2) is 60.7 Å². The minimum Gasteiger partial charge on any atom is -0.460 e. The Hall–Kier alpha value is -2.17. The molecule has 0 amide bonds. The van der Waals surface area contributed by atoms with Crippen molar-refractivity contribution in [3.8, 4) is 0 Å². The third kappa shape index (κ3) is 5.51. The number of carbonyl (C=O) groups excluding carboxylic acids is 1. The molecular formula is C19H23NO3. The number of benzene rings is 2. The Kier molecular flexibility index (Phi) is 6.78. The number of carbonyl (C=O) groups is 1. The average molecular weight is 313 g/mol. The smallest absolute Gasteiger partial charge is 0.320 e. The van der Waals surface area contributed by atoms with Crippen LogP contribution in [-0.4, -0.2) is 35.7 Å². The van der Waals surface area contributed by atoms with Crippen molar-refractivity contribution in [1.82, 2.24) is 4.90 Å². The van der Waals surface area contributed by atoms with Crippen LogP contribution >= 0.6 is 0 Å². The van der Waals surface area contributed by atoms with Crippen LogP contribution in [0.25, 0.3) is 0 Å². The first-order valence-corrected chi connectivity index (χ1v) is 7.80. The SMILES string of the molecule is C[C@@H](c1ccccc1)N(CCO)CC(=O)OCc1ccccc1. The molecule has 4 heteroatoms. The molecule has 0 fully saturated rings. The second-order valence-corrected chi connectivity index (χ2v) is 5.43. The fourth-order valence-corrected chi connectivity index (χ4v) is 2.43. The topological polar surface area (TPSA) is 49.8 Å². The van der Waals surface area contributed by atoms with Crippen LogP contribution in [0.1, 0.15) is 24.1 Å². The molecule has 23 heavy (non-hydrogen) atoms. The molecule has 1 N–H and O–H groups in total. The van der Waals surface area contributed by atoms with Gasteiger partial charge >= 0.3 is 5.97 Å². The number of aliphatic hydroxyl groups is 1. The largest absolute Gasteiger partial charge is 0.460 e. The molecule has 2 rings (SSSR count). The van der Waals surface area contributed by atoms with Crippen LogP contribution < -0.4 is 0 Å². The summed E-state index contributed by atoms with van der Waals surface area (Å²) in [6.07, 6.45) is 0. The third-order valence-corrected chi connectivity index (χ3v) is 3.79. The van der Waals surface area contributed by atoms with E-state index in [9.17, 15) is 9.90 Å². The van der Waals surface area contributed by atoms with Crippen molar-refractivity contribution < 1.29 is 14.6 Å². The molecule has 1 atom stereocenters. The quantitative estimate of drug-likeness (QED) is 0.761. The van der Waals surface area contributed by atoms with Crippen molar-refractivity contribution in [2.24, 2.45) is 0 Å². The zero-order chi connectivity index (χ0) is 16.5. The lowest BCUT2D eigenvalue weighted by atomic mass is 10.1. The highest BCUT2D eigenvalue weighted by Crippen LogP contribution is 2.19. The Morgan fingerprint density at radius 2 is 1.70 bits per heavy atom. The standard InChI is InChI=1S/C19H23NO3/c1-16(18-10-6-3-7-11-18)20(12-13-21)14-19(22)23-15-17-8-4-2-5-9-17/h2-11,16,21H,12-15H2,1H3/t16-/m0/s1. The molecule has 0 saturated carbocycles. The number of nitrogens with zero attached hydrogens (tertiary/aromatic N) is 1. The molecule has 0 unspecified atom stereocenters. The summed E-state index contributed by atoms with van der Waals surface area (Å²) in [6, 6.07) is 19.6. The van der Waals surface area contributed by atoms with Gasteiger partial charge in [-0.1, -0.05) is 60.7 Å². The molecule has 0 aliphatic heterocycles. The van der Waals surface area contributed by atoms with Gasteiger partial charge < -0.3 is 9.84 Å². The second kappa shape index (κ2) is 9.08. The van der Waals surface area contributed by atoms with Crippen LogP contribution in [-0.2, 0) is 16.1 Å². The fourth-order valence-electron chi connectivity index (χ4n) is 2.43. The maximum Gasteiger partial charge on any atom is 0.320 e. The Bertz CT molecular complexity index is 586. The highest BCUT2D eigenvalue weighted by atomic mass is 16.5. The molecule has 0 aliphatic carbocycles. The third-order valence-electron chi connectivity index (χ3n) is 3.79. The predicted molar refractivity (Wildman–Crippen MR) is 89.8 cm³/mol. The number of esters is 1. The number of hydrogen-bond acceptors (Lipinski definition) is 4. The van der Waals surface area contributed by atoms with Crippen molar-refractivity contribution in [3.63, 3.8) is 0 Å². The van der Waals surface area contributed by atoms with Gasteiger partial charge in [-0.25, -0.2) is 0 Å². The van der Waals surface area contributed by atoms with Gasteiger partial charge in [0.15, 0.2) is 0 Å². The van der Waals surface area contributed by atoms with Crippen LogP contribution in [0, 0.1) is 0 Å². The molecule has 0 radical (unpaired) electrons. The van der Waals surface area contributed by atoms with Gasteiger partial charge in [-0.2, -0.15) is 0 Å². The average Bonchev–Trinajstić information content (AvgIpc) is 2.60. The van der Waals surface area contributed by atoms with Gasteiger partial charge in [0, 0.05) is 12.6 Å². The lowest BCUT2D eigenvalue weighted by Crippen LogP contribution is -2.35. The van der Waals surface area contributed by atoms with Crippen LogP contribution in [0.5, 0.6) is 0 Å². The summed E-state index contributed by atoms with van der Waals surface area (Å²) in [7, 11) is 0. The van der Waals surface area contributed by atoms with E-state index in [0.29, 0.717) is 6.54 Å². The first-order valence-electron chi connectivity index (χ1n) is 7.80. The summed E-state index contributed by atoms with van der Waals surface area (Å²) in [5, 5.41) is 9.26. The van der Waals surface area contributed by atoms with Crippen LogP contribution in [0.3, 0.4) is 0 Å². The zero-order valence-electron chi connectivity index (χ0n) is 13.4. The molecule has 0 bridgehead atoms. The summed E-state index contributed by atoms with van der Waals surface area (Å²) in [5.41, 5.74) is 2.07. The van der Waals surface area contributed by atoms with E-state index in [-0.39, 0.29) is 31.8 Å². The summed E-state index contributed by atoms with van der Waals surface area (Å²) in [5.74, 6) is -0.287. The van der Waals surface area contributed by atoms with Crippen LogP contribution in [0.4, 0.5) is 0 Å². The highest BCUT2D eigenvalue weighted by Gasteiger charge is 2.19. The molecule has 0 aliphatic rings. The molecule has 2 aromatic carbocycles. The summed E-state index contributed by atoms with van der Waals surface area (Å²) in [6.45, 7) is 2.88. The molecule has 2 aromatic rings. The molecule has 0 saturated heterocycles. The molecule has 0 spiro atoms. The lowest BCUT2D eigenvalue weighted by Gasteiger charge is -2.27. The number of hydrogen-bond donors (Lipinski definition) is 1. The van der Waals surface area contributed by atoms with Gasteiger partial charge in [0.2, 0.25) is 0 Å².